The lowest BCUT2D eigenvalue weighted by Gasteiger charge is -2.27. The van der Waals surface area contributed by atoms with Gasteiger partial charge in [-0.1, -0.05) is 18.6 Å². The fourth-order valence-corrected chi connectivity index (χ4v) is 5.48. The van der Waals surface area contributed by atoms with E-state index < -0.39 is 27.7 Å². The number of hydrogen-bond donors (Lipinski definition) is 3. The van der Waals surface area contributed by atoms with Crippen molar-refractivity contribution in [3.05, 3.63) is 58.7 Å². The molecule has 2 fully saturated rings. The molecule has 172 valence electrons. The molecule has 6 nitrogen and oxygen atoms in total. The summed E-state index contributed by atoms with van der Waals surface area (Å²) >= 11 is 0. The molecule has 1 atom stereocenters. The lowest BCUT2D eigenvalue weighted by atomic mass is 9.95. The number of anilines is 1. The highest BCUT2D eigenvalue weighted by Gasteiger charge is 2.34. The molecule has 0 bridgehead atoms. The van der Waals surface area contributed by atoms with E-state index in [1.807, 2.05) is 0 Å². The molecule has 0 amide bonds. The minimum Gasteiger partial charge on any atom is -0.478 e. The summed E-state index contributed by atoms with van der Waals surface area (Å²) in [5.41, 5.74) is -0.401. The van der Waals surface area contributed by atoms with Crippen molar-refractivity contribution >= 4 is 21.7 Å². The number of carboxylic acid groups (broad SMARTS) is 1. The Bertz CT molecular complexity index is 1140. The van der Waals surface area contributed by atoms with E-state index in [1.54, 1.807) is 0 Å². The van der Waals surface area contributed by atoms with Crippen LogP contribution < -0.4 is 10.0 Å². The molecule has 0 radical (unpaired) electrons. The number of rotatable bonds is 6. The summed E-state index contributed by atoms with van der Waals surface area (Å²) in [6.07, 6.45) is -0.614. The molecule has 2 aliphatic rings. The van der Waals surface area contributed by atoms with Gasteiger partial charge in [0.25, 0.3) is 10.0 Å². The third-order valence-corrected chi connectivity index (χ3v) is 7.30. The first-order chi connectivity index (χ1) is 15.1. The lowest BCUT2D eigenvalue weighted by molar-refractivity contribution is -0.137. The minimum absolute atomic E-state index is 0.00888. The maximum absolute atomic E-state index is 13.4. The van der Waals surface area contributed by atoms with E-state index >= 15 is 0 Å². The Morgan fingerprint density at radius 1 is 1.03 bits per heavy atom. The van der Waals surface area contributed by atoms with Crippen molar-refractivity contribution in [3.8, 4) is 0 Å². The van der Waals surface area contributed by atoms with Crippen LogP contribution in [0.1, 0.15) is 71.1 Å². The molecule has 1 saturated carbocycles. The van der Waals surface area contributed by atoms with E-state index in [0.29, 0.717) is 24.1 Å². The van der Waals surface area contributed by atoms with Gasteiger partial charge < -0.3 is 10.4 Å². The van der Waals surface area contributed by atoms with Gasteiger partial charge in [0, 0.05) is 6.04 Å². The van der Waals surface area contributed by atoms with Crippen LogP contribution in [0.4, 0.5) is 18.9 Å². The van der Waals surface area contributed by atoms with E-state index in [1.165, 1.54) is 18.2 Å². The molecule has 10 heteroatoms. The number of hydrogen-bond acceptors (Lipinski definition) is 4. The molecule has 32 heavy (non-hydrogen) atoms. The van der Waals surface area contributed by atoms with Gasteiger partial charge in [-0.2, -0.15) is 13.2 Å². The van der Waals surface area contributed by atoms with Crippen molar-refractivity contribution in [1.29, 1.82) is 0 Å². The zero-order valence-corrected chi connectivity index (χ0v) is 17.9. The second-order valence-corrected chi connectivity index (χ2v) is 9.89. The smallest absolute Gasteiger partial charge is 0.416 e. The monoisotopic (exact) mass is 468 g/mol. The van der Waals surface area contributed by atoms with Crippen LogP contribution in [0.3, 0.4) is 0 Å². The van der Waals surface area contributed by atoms with Crippen LogP contribution >= 0.6 is 0 Å². The summed E-state index contributed by atoms with van der Waals surface area (Å²) in [4.78, 5) is 11.2. The zero-order valence-electron chi connectivity index (χ0n) is 17.1. The lowest BCUT2D eigenvalue weighted by Crippen LogP contribution is -2.28. The summed E-state index contributed by atoms with van der Waals surface area (Å²) in [5.74, 6) is -1.29. The Balaban J connectivity index is 1.78. The predicted molar refractivity (Wildman–Crippen MR) is 112 cm³/mol. The molecule has 4 rings (SSSR count). The van der Waals surface area contributed by atoms with Crippen LogP contribution in [0.2, 0.25) is 0 Å². The molecule has 1 heterocycles. The molecule has 1 aliphatic carbocycles. The van der Waals surface area contributed by atoms with Gasteiger partial charge in [-0.15, -0.1) is 0 Å². The topological polar surface area (TPSA) is 95.5 Å². The number of halogens is 3. The number of nitrogens with one attached hydrogen (secondary N) is 2. The third-order valence-electron chi connectivity index (χ3n) is 5.88. The average Bonchev–Trinajstić information content (AvgIpc) is 3.58. The van der Waals surface area contributed by atoms with Crippen molar-refractivity contribution in [3.63, 3.8) is 0 Å². The second-order valence-electron chi connectivity index (χ2n) is 8.24. The van der Waals surface area contributed by atoms with E-state index in [2.05, 4.69) is 10.0 Å². The standard InChI is InChI=1S/C22H23F3N2O4S/c23-22(24,25)15-7-9-17(18-3-1-2-10-26-18)19(12-15)27-32(30,31)20-11-14(21(28)29)6-8-16(20)13-4-5-13/h6-9,11-13,18,26-27H,1-5,10H2,(H,28,29). The van der Waals surface area contributed by atoms with Gasteiger partial charge in [-0.05, 0) is 73.5 Å². The highest BCUT2D eigenvalue weighted by molar-refractivity contribution is 7.92. The Morgan fingerprint density at radius 3 is 2.34 bits per heavy atom. The van der Waals surface area contributed by atoms with Gasteiger partial charge in [-0.25, -0.2) is 13.2 Å². The first-order valence-corrected chi connectivity index (χ1v) is 11.9. The van der Waals surface area contributed by atoms with Gasteiger partial charge in [0.1, 0.15) is 0 Å². The quantitative estimate of drug-likeness (QED) is 0.561. The van der Waals surface area contributed by atoms with Gasteiger partial charge >= 0.3 is 12.1 Å². The Morgan fingerprint density at radius 2 is 1.75 bits per heavy atom. The number of carbonyl (C=O) groups is 1. The maximum Gasteiger partial charge on any atom is 0.416 e. The summed E-state index contributed by atoms with van der Waals surface area (Å²) in [6, 6.07) is 6.67. The van der Waals surface area contributed by atoms with Crippen LogP contribution in [0.25, 0.3) is 0 Å². The number of benzene rings is 2. The molecule has 3 N–H and O–H groups in total. The number of aromatic carboxylic acids is 1. The fourth-order valence-electron chi connectivity index (χ4n) is 4.07. The van der Waals surface area contributed by atoms with Gasteiger partial charge in [0.2, 0.25) is 0 Å². The average molecular weight is 468 g/mol. The molecule has 0 aromatic heterocycles. The van der Waals surface area contributed by atoms with Crippen LogP contribution in [0.15, 0.2) is 41.3 Å². The predicted octanol–water partition coefficient (Wildman–Crippen LogP) is 4.90. The number of sulfonamides is 1. The summed E-state index contributed by atoms with van der Waals surface area (Å²) in [7, 11) is -4.34. The number of carboxylic acids is 1. The Labute approximate surface area is 183 Å². The molecular formula is C22H23F3N2O4S. The maximum atomic E-state index is 13.4. The van der Waals surface area contributed by atoms with E-state index in [9.17, 15) is 31.5 Å². The Kier molecular flexibility index (Phi) is 5.93. The van der Waals surface area contributed by atoms with Crippen LogP contribution in [0.5, 0.6) is 0 Å². The fraction of sp³-hybridized carbons (Fsp3) is 0.409. The van der Waals surface area contributed by atoms with E-state index in [4.69, 9.17) is 0 Å². The van der Waals surface area contributed by atoms with Crippen molar-refractivity contribution in [2.75, 3.05) is 11.3 Å². The number of piperidine rings is 1. The zero-order chi connectivity index (χ0) is 23.1. The normalized spacial score (nSPS) is 19.5. The van der Waals surface area contributed by atoms with Crippen LogP contribution in [-0.2, 0) is 16.2 Å². The van der Waals surface area contributed by atoms with Gasteiger partial charge in [0.05, 0.1) is 21.7 Å². The highest BCUT2D eigenvalue weighted by atomic mass is 32.2. The number of alkyl halides is 3. The van der Waals surface area contributed by atoms with Crippen LogP contribution in [-0.4, -0.2) is 26.0 Å². The second kappa shape index (κ2) is 8.40. The van der Waals surface area contributed by atoms with Gasteiger partial charge in [0.15, 0.2) is 0 Å². The highest BCUT2D eigenvalue weighted by Crippen LogP contribution is 2.44. The first-order valence-electron chi connectivity index (χ1n) is 10.4. The van der Waals surface area contributed by atoms with Crippen molar-refractivity contribution in [1.82, 2.24) is 5.32 Å². The minimum atomic E-state index is -4.64. The molecule has 1 saturated heterocycles. The molecule has 2 aromatic carbocycles. The Hall–Kier alpha value is -2.59. The van der Waals surface area contributed by atoms with E-state index in [-0.39, 0.29) is 28.1 Å². The molecule has 1 aliphatic heterocycles. The first kappa shape index (κ1) is 22.6. The van der Waals surface area contributed by atoms with Gasteiger partial charge in [-0.3, -0.25) is 4.72 Å². The van der Waals surface area contributed by atoms with Crippen molar-refractivity contribution < 1.29 is 31.5 Å². The third kappa shape index (κ3) is 4.75. The van der Waals surface area contributed by atoms with E-state index in [0.717, 1.165) is 43.9 Å². The molecule has 0 spiro atoms. The summed E-state index contributed by atoms with van der Waals surface area (Å²) in [6.45, 7) is 0.685. The SMILES string of the molecule is O=C(O)c1ccc(C2CC2)c(S(=O)(=O)Nc2cc(C(F)(F)F)ccc2C2CCCCN2)c1. The molecule has 2 aromatic rings. The largest absolute Gasteiger partial charge is 0.478 e. The van der Waals surface area contributed by atoms with Crippen LogP contribution in [0, 0.1) is 0 Å². The van der Waals surface area contributed by atoms with Crippen molar-refractivity contribution in [2.24, 2.45) is 0 Å². The summed E-state index contributed by atoms with van der Waals surface area (Å²) < 4.78 is 69.1. The molecule has 1 unspecified atom stereocenters. The summed E-state index contributed by atoms with van der Waals surface area (Å²) in [5, 5.41) is 12.5. The van der Waals surface area contributed by atoms with Crippen molar-refractivity contribution in [2.45, 2.75) is 55.1 Å². The molecular weight excluding hydrogens is 445 g/mol.